The number of unbranched alkanes of at least 4 members (excludes halogenated alkanes) is 8. The van der Waals surface area contributed by atoms with E-state index < -0.39 is 7.32 Å². The maximum atomic E-state index is 8.42. The summed E-state index contributed by atoms with van der Waals surface area (Å²) in [5, 5.41) is 25.2. The van der Waals surface area contributed by atoms with Crippen LogP contribution < -0.4 is 15.1 Å². The smallest absolute Gasteiger partial charge is 0.907 e. The summed E-state index contributed by atoms with van der Waals surface area (Å²) in [4.78, 5) is 0. The first-order chi connectivity index (χ1) is 18.2. The average Bonchev–Trinajstić information content (AvgIpc) is 2.91. The summed E-state index contributed by atoms with van der Waals surface area (Å²) in [5.74, 6) is 0. The van der Waals surface area contributed by atoms with Gasteiger partial charge >= 0.3 is 1.43 Å². The maximum Gasteiger partial charge on any atom is 1.00 e. The van der Waals surface area contributed by atoms with Crippen LogP contribution in [0.2, 0.25) is 0 Å². The molecule has 5 nitrogen and oxygen atoms in total. The predicted molar refractivity (Wildman–Crippen MR) is 166 cm³/mol. The highest BCUT2D eigenvalue weighted by molar-refractivity contribution is 6.24. The molecule has 0 radical (unpaired) electrons. The molecule has 0 unspecified atom stereocenters. The molecular formula is C32H73BN2O3. The van der Waals surface area contributed by atoms with Crippen molar-refractivity contribution in [3.05, 3.63) is 0 Å². The van der Waals surface area contributed by atoms with Gasteiger partial charge in [0.05, 0.1) is 52.4 Å². The lowest BCUT2D eigenvalue weighted by Gasteiger charge is -2.39. The predicted octanol–water partition coefficient (Wildman–Crippen LogP) is 6.17. The zero-order valence-corrected chi connectivity index (χ0v) is 27.7. The molecule has 0 atom stereocenters. The molecule has 0 heterocycles. The van der Waals surface area contributed by atoms with Crippen LogP contribution in [-0.4, -0.2) is 68.6 Å². The first-order valence-corrected chi connectivity index (χ1v) is 16.9. The van der Waals surface area contributed by atoms with Crippen LogP contribution in [-0.2, 0) is 0 Å². The summed E-state index contributed by atoms with van der Waals surface area (Å²) in [6.45, 7) is 30.0. The van der Waals surface area contributed by atoms with Crippen LogP contribution in [0.3, 0.4) is 0 Å². The van der Waals surface area contributed by atoms with Crippen LogP contribution in [0.1, 0.15) is 160 Å². The van der Waals surface area contributed by atoms with Gasteiger partial charge in [0.2, 0.25) is 0 Å². The van der Waals surface area contributed by atoms with Crippen molar-refractivity contribution in [2.75, 3.05) is 52.4 Å². The van der Waals surface area contributed by atoms with Gasteiger partial charge < -0.3 is 24.0 Å². The summed E-state index contributed by atoms with van der Waals surface area (Å²) >= 11 is 0. The van der Waals surface area contributed by atoms with E-state index in [9.17, 15) is 0 Å². The molecule has 0 bridgehead atoms. The lowest BCUT2D eigenvalue weighted by atomic mass is 10.1. The van der Waals surface area contributed by atoms with Crippen molar-refractivity contribution in [3.63, 3.8) is 0 Å². The highest BCUT2D eigenvalue weighted by Crippen LogP contribution is 2.17. The van der Waals surface area contributed by atoms with Gasteiger partial charge in [0.1, 0.15) is 0 Å². The van der Waals surface area contributed by atoms with E-state index in [2.05, 4.69) is 55.4 Å². The van der Waals surface area contributed by atoms with Crippen LogP contribution in [0.4, 0.5) is 0 Å². The van der Waals surface area contributed by atoms with E-state index >= 15 is 0 Å². The Bertz CT molecular complexity index is 332. The van der Waals surface area contributed by atoms with Crippen molar-refractivity contribution < 1.29 is 25.5 Å². The molecule has 0 saturated carbocycles. The first-order valence-electron chi connectivity index (χ1n) is 16.9. The largest absolute Gasteiger partial charge is 1.00 e. The molecule has 0 aromatic heterocycles. The van der Waals surface area contributed by atoms with E-state index in [0.717, 1.165) is 0 Å². The van der Waals surface area contributed by atoms with Crippen LogP contribution in [0.5, 0.6) is 0 Å². The van der Waals surface area contributed by atoms with E-state index in [1.165, 1.54) is 164 Å². The van der Waals surface area contributed by atoms with Gasteiger partial charge in [0, 0.05) is 0 Å². The Hall–Kier alpha value is -0.135. The molecule has 0 fully saturated rings. The van der Waals surface area contributed by atoms with Gasteiger partial charge in [0.25, 0.3) is 0 Å². The zero-order chi connectivity index (χ0) is 29.5. The third-order valence-electron chi connectivity index (χ3n) is 7.89. The fraction of sp³-hybridized carbons (Fsp3) is 1.00. The number of quaternary nitrogens is 2. The van der Waals surface area contributed by atoms with Gasteiger partial charge in [-0.05, 0) is 51.4 Å². The Balaban J connectivity index is -0.000000270. The van der Waals surface area contributed by atoms with Crippen molar-refractivity contribution in [2.24, 2.45) is 0 Å². The van der Waals surface area contributed by atoms with E-state index in [1.54, 1.807) is 0 Å². The van der Waals surface area contributed by atoms with Gasteiger partial charge in [-0.3, -0.25) is 7.32 Å². The lowest BCUT2D eigenvalue weighted by molar-refractivity contribution is -0.929. The van der Waals surface area contributed by atoms with E-state index in [1.807, 2.05) is 0 Å². The standard InChI is InChI=1S/2C16H36N.BO3/c2*1-5-9-13-17(14-10-6-2,15-11-7-3)16-12-8-4;2-1(3)4/h2*5-16H2,1-4H3;/q2*+1;-3/p+1. The fourth-order valence-electron chi connectivity index (χ4n) is 5.29. The summed E-state index contributed by atoms with van der Waals surface area (Å²) in [5.41, 5.74) is 0. The van der Waals surface area contributed by atoms with Gasteiger partial charge in [-0.25, -0.2) is 0 Å². The molecule has 0 spiro atoms. The third kappa shape index (κ3) is 27.4. The van der Waals surface area contributed by atoms with Crippen LogP contribution in [0, 0.1) is 0 Å². The van der Waals surface area contributed by atoms with Gasteiger partial charge in [-0.2, -0.15) is 0 Å². The molecule has 38 heavy (non-hydrogen) atoms. The highest BCUT2D eigenvalue weighted by atomic mass is 16.5. The SMILES string of the molecule is CCCC[N+](CCCC)(CCCC)CCCC.CCCC[N+](CCCC)(CCCC)CCCC.[H+].[O-]B([O-])[O-]. The van der Waals surface area contributed by atoms with E-state index in [4.69, 9.17) is 15.1 Å². The molecule has 6 heteroatoms. The van der Waals surface area contributed by atoms with Gasteiger partial charge in [-0.15, -0.1) is 0 Å². The average molecular weight is 545 g/mol. The number of nitrogens with zero attached hydrogens (tertiary/aromatic N) is 2. The summed E-state index contributed by atoms with van der Waals surface area (Å²) in [6, 6.07) is 0. The van der Waals surface area contributed by atoms with Gasteiger partial charge in [-0.1, -0.05) is 107 Å². The second kappa shape index (κ2) is 31.4. The minimum absolute atomic E-state index is 0. The van der Waals surface area contributed by atoms with Gasteiger partial charge in [0.15, 0.2) is 0 Å². The topological polar surface area (TPSA) is 69.2 Å². The third-order valence-corrected chi connectivity index (χ3v) is 7.89. The van der Waals surface area contributed by atoms with Crippen LogP contribution in [0.15, 0.2) is 0 Å². The Kier molecular flexibility index (Phi) is 35.0. The highest BCUT2D eigenvalue weighted by Gasteiger charge is 2.25. The molecule has 232 valence electrons. The molecule has 0 aliphatic carbocycles. The normalized spacial score (nSPS) is 11.4. The molecule has 0 rings (SSSR count). The van der Waals surface area contributed by atoms with Crippen LogP contribution in [0.25, 0.3) is 0 Å². The molecule has 0 saturated heterocycles. The monoisotopic (exact) mass is 545 g/mol. The minimum Gasteiger partial charge on any atom is -0.907 e. The first kappa shape index (κ1) is 42.3. The van der Waals surface area contributed by atoms with Crippen molar-refractivity contribution in [2.45, 2.75) is 158 Å². The molecule has 0 aromatic carbocycles. The van der Waals surface area contributed by atoms with E-state index in [-0.39, 0.29) is 1.43 Å². The molecule has 0 N–H and O–H groups in total. The molecule has 0 aliphatic rings. The lowest BCUT2D eigenvalue weighted by Crippen LogP contribution is -2.56. The maximum absolute atomic E-state index is 8.42. The summed E-state index contributed by atoms with van der Waals surface area (Å²) in [6.07, 6.45) is 22.1. The van der Waals surface area contributed by atoms with Crippen molar-refractivity contribution >= 4 is 7.32 Å². The second-order valence-electron chi connectivity index (χ2n) is 11.6. The molecule has 0 aromatic rings. The Morgan fingerprint density at radius 1 is 0.342 bits per heavy atom. The number of hydrogen-bond acceptors (Lipinski definition) is 3. The Labute approximate surface area is 243 Å². The van der Waals surface area contributed by atoms with Crippen molar-refractivity contribution in [1.82, 2.24) is 0 Å². The number of hydrogen-bond donors (Lipinski definition) is 0. The minimum atomic E-state index is -2.92. The van der Waals surface area contributed by atoms with Crippen LogP contribution >= 0.6 is 0 Å². The van der Waals surface area contributed by atoms with E-state index in [0.29, 0.717) is 0 Å². The molecule has 0 amide bonds. The quantitative estimate of drug-likeness (QED) is 0.108. The summed E-state index contributed by atoms with van der Waals surface area (Å²) < 4.78 is 2.84. The Morgan fingerprint density at radius 2 is 0.447 bits per heavy atom. The zero-order valence-electron chi connectivity index (χ0n) is 28.7. The summed E-state index contributed by atoms with van der Waals surface area (Å²) in [7, 11) is -2.92. The fourth-order valence-corrected chi connectivity index (χ4v) is 5.29. The number of rotatable bonds is 24. The Morgan fingerprint density at radius 3 is 0.526 bits per heavy atom. The molecule has 0 aliphatic heterocycles. The second-order valence-corrected chi connectivity index (χ2v) is 11.6. The van der Waals surface area contributed by atoms with Crippen molar-refractivity contribution in [1.29, 1.82) is 0 Å². The van der Waals surface area contributed by atoms with Crippen molar-refractivity contribution in [3.8, 4) is 0 Å². The molecular weight excluding hydrogens is 471 g/mol.